The Kier molecular flexibility index (Phi) is 7.36. The second kappa shape index (κ2) is 10.8. The fourth-order valence-electron chi connectivity index (χ4n) is 6.23. The lowest BCUT2D eigenvalue weighted by atomic mass is 10.0. The topological polar surface area (TPSA) is 143 Å². The molecule has 2 N–H and O–H groups in total. The van der Waals surface area contributed by atoms with Crippen molar-refractivity contribution in [2.45, 2.75) is 72.2 Å². The molecule has 4 atom stereocenters. The third-order valence-electron chi connectivity index (χ3n) is 8.62. The second-order valence-electron chi connectivity index (χ2n) is 12.1. The van der Waals surface area contributed by atoms with E-state index >= 15 is 0 Å². The Morgan fingerprint density at radius 2 is 1.84 bits per heavy atom. The van der Waals surface area contributed by atoms with E-state index in [2.05, 4.69) is 48.2 Å². The maximum Gasteiger partial charge on any atom is 0.248 e. The highest BCUT2D eigenvalue weighted by Crippen LogP contribution is 2.59. The number of pyridine rings is 1. The van der Waals surface area contributed by atoms with Gasteiger partial charge < -0.3 is 15.3 Å². The monoisotopic (exact) mass is 663 g/mol. The van der Waals surface area contributed by atoms with Crippen LogP contribution >= 0.6 is 15.9 Å². The molecule has 2 amide bonds. The number of aryl methyl sites for hydroxylation is 2. The number of aliphatic hydroxyl groups is 1. The fourth-order valence-corrected chi connectivity index (χ4v) is 6.52. The van der Waals surface area contributed by atoms with Gasteiger partial charge in [-0.2, -0.15) is 5.10 Å². The van der Waals surface area contributed by atoms with Crippen molar-refractivity contribution >= 4 is 50.2 Å². The van der Waals surface area contributed by atoms with E-state index in [1.54, 1.807) is 31.1 Å². The van der Waals surface area contributed by atoms with Gasteiger partial charge in [0, 0.05) is 36.3 Å². The van der Waals surface area contributed by atoms with Crippen LogP contribution in [-0.2, 0) is 16.1 Å². The van der Waals surface area contributed by atoms with Gasteiger partial charge in [-0.25, -0.2) is 19.3 Å². The summed E-state index contributed by atoms with van der Waals surface area (Å²) in [6, 6.07) is 4.20. The zero-order chi connectivity index (χ0) is 31.7. The predicted molar refractivity (Wildman–Crippen MR) is 163 cm³/mol. The fraction of sp³-hybridized carbons (Fsp3) is 0.387. The number of likely N-dealkylation sites (tertiary alicyclic amines) is 1. The number of benzene rings is 1. The van der Waals surface area contributed by atoms with Crippen molar-refractivity contribution in [2.75, 3.05) is 5.32 Å². The van der Waals surface area contributed by atoms with Crippen LogP contribution in [0.5, 0.6) is 0 Å². The molecule has 0 spiro atoms. The average Bonchev–Trinajstić information content (AvgIpc) is 3.32. The van der Waals surface area contributed by atoms with Gasteiger partial charge in [0.25, 0.3) is 0 Å². The van der Waals surface area contributed by atoms with Crippen LogP contribution in [0.2, 0.25) is 0 Å². The highest BCUT2D eigenvalue weighted by Gasteiger charge is 2.64. The molecule has 11 nitrogen and oxygen atoms in total. The number of hydrogen-bond donors (Lipinski definition) is 2. The highest BCUT2D eigenvalue weighted by atomic mass is 79.9. The molecule has 0 radical (unpaired) electrons. The van der Waals surface area contributed by atoms with E-state index in [0.29, 0.717) is 34.3 Å². The molecule has 1 aromatic carbocycles. The van der Waals surface area contributed by atoms with Crippen molar-refractivity contribution < 1.29 is 23.9 Å². The van der Waals surface area contributed by atoms with Crippen molar-refractivity contribution in [1.29, 1.82) is 0 Å². The summed E-state index contributed by atoms with van der Waals surface area (Å²) in [6.45, 7) is 8.44. The summed E-state index contributed by atoms with van der Waals surface area (Å²) in [5.41, 5.74) is 3.43. The molecule has 3 aromatic heterocycles. The summed E-state index contributed by atoms with van der Waals surface area (Å²) in [5.74, 6) is -0.928. The van der Waals surface area contributed by atoms with E-state index in [1.165, 1.54) is 17.7 Å². The van der Waals surface area contributed by atoms with Gasteiger partial charge >= 0.3 is 0 Å². The third-order valence-corrected chi connectivity index (χ3v) is 9.18. The van der Waals surface area contributed by atoms with Crippen LogP contribution in [0.4, 0.5) is 10.2 Å². The summed E-state index contributed by atoms with van der Waals surface area (Å²) in [4.78, 5) is 54.3. The van der Waals surface area contributed by atoms with Crippen molar-refractivity contribution in [1.82, 2.24) is 29.6 Å². The number of halogens is 2. The lowest BCUT2D eigenvalue weighted by Gasteiger charge is -2.27. The van der Waals surface area contributed by atoms with E-state index in [9.17, 15) is 23.9 Å². The number of aliphatic hydroxyl groups excluding tert-OH is 1. The average molecular weight is 665 g/mol. The molecular formula is C31H31BrFN7O4. The van der Waals surface area contributed by atoms with Crippen LogP contribution < -0.4 is 5.32 Å². The van der Waals surface area contributed by atoms with Crippen LogP contribution in [0, 0.1) is 25.1 Å². The molecule has 4 heterocycles. The van der Waals surface area contributed by atoms with Crippen LogP contribution in [0.25, 0.3) is 22.0 Å². The van der Waals surface area contributed by atoms with Gasteiger partial charge in [-0.15, -0.1) is 0 Å². The number of carbonyl (C=O) groups excluding carboxylic acids is 3. The number of amides is 2. The molecular weight excluding hydrogens is 633 g/mol. The van der Waals surface area contributed by atoms with Crippen molar-refractivity contribution in [3.05, 3.63) is 63.7 Å². The van der Waals surface area contributed by atoms with Gasteiger partial charge in [-0.1, -0.05) is 6.92 Å². The molecule has 6 rings (SSSR count). The van der Waals surface area contributed by atoms with Crippen LogP contribution in [0.3, 0.4) is 0 Å². The summed E-state index contributed by atoms with van der Waals surface area (Å²) in [6.07, 6.45) is 3.72. The molecule has 44 heavy (non-hydrogen) atoms. The minimum atomic E-state index is -0.797. The Morgan fingerprint density at radius 1 is 1.14 bits per heavy atom. The normalized spacial score (nSPS) is 21.3. The van der Waals surface area contributed by atoms with Crippen LogP contribution in [-0.4, -0.2) is 64.4 Å². The number of anilines is 1. The minimum Gasteiger partial charge on any atom is -0.385 e. The Labute approximate surface area is 261 Å². The molecule has 1 aliphatic heterocycles. The van der Waals surface area contributed by atoms with E-state index in [0.717, 1.165) is 17.5 Å². The van der Waals surface area contributed by atoms with Gasteiger partial charge in [-0.3, -0.25) is 19.1 Å². The number of nitrogens with one attached hydrogen (secondary N) is 1. The largest absolute Gasteiger partial charge is 0.385 e. The molecule has 0 unspecified atom stereocenters. The Hall–Kier alpha value is -4.10. The smallest absolute Gasteiger partial charge is 0.248 e. The number of aromatic nitrogens is 5. The molecule has 4 aromatic rings. The zero-order valence-electron chi connectivity index (χ0n) is 24.9. The van der Waals surface area contributed by atoms with E-state index in [1.807, 2.05) is 19.1 Å². The number of nitrogens with zero attached hydrogens (tertiary/aromatic N) is 6. The van der Waals surface area contributed by atoms with E-state index in [-0.39, 0.29) is 51.7 Å². The lowest BCUT2D eigenvalue weighted by molar-refractivity contribution is -0.138. The Balaban J connectivity index is 1.30. The zero-order valence-corrected chi connectivity index (χ0v) is 26.4. The first-order chi connectivity index (χ1) is 20.8. The number of piperidine rings is 1. The van der Waals surface area contributed by atoms with E-state index < -0.39 is 18.0 Å². The molecule has 1 saturated heterocycles. The Bertz CT molecular complexity index is 1860. The van der Waals surface area contributed by atoms with Crippen molar-refractivity contribution in [3.8, 4) is 11.1 Å². The van der Waals surface area contributed by atoms with Crippen LogP contribution in [0.15, 0.2) is 35.2 Å². The maximum atomic E-state index is 13.9. The maximum absolute atomic E-state index is 13.9. The molecule has 13 heteroatoms. The van der Waals surface area contributed by atoms with Gasteiger partial charge in [0.2, 0.25) is 11.8 Å². The van der Waals surface area contributed by atoms with Gasteiger partial charge in [0.05, 0.1) is 5.52 Å². The highest BCUT2D eigenvalue weighted by molar-refractivity contribution is 9.10. The predicted octanol–water partition coefficient (Wildman–Crippen LogP) is 4.68. The minimum absolute atomic E-state index is 0.0118. The number of Topliss-reactive ketones (excluding diaryl/α,β-unsaturated/α-hetero) is 1. The van der Waals surface area contributed by atoms with Crippen molar-refractivity contribution in [3.63, 3.8) is 0 Å². The van der Waals surface area contributed by atoms with Gasteiger partial charge in [0.15, 0.2) is 17.4 Å². The number of ketones is 1. The molecule has 1 saturated carbocycles. The van der Waals surface area contributed by atoms with Gasteiger partial charge in [0.1, 0.15) is 34.8 Å². The molecule has 2 aliphatic rings. The standard InChI is InChI=1S/C31H31BrFN7O4/c1-14-6-18(19-11-34-29(17(4)42)35-12-19)8-20-25(16(3)41)38-39(26(14)20)13-24(43)40-22(9-31(5)10-23(31)40)30(44)37-28-15(2)7-21(33)27(32)36-28/h6-8,11-12,17,22-23,42H,9-10,13H2,1-5H3,(H,36,37,44)/t17-,22+,23-,31+/m1/s1. The molecule has 2 fully saturated rings. The van der Waals surface area contributed by atoms with Crippen LogP contribution in [0.1, 0.15) is 67.2 Å². The summed E-state index contributed by atoms with van der Waals surface area (Å²) in [7, 11) is 0. The first-order valence-corrected chi connectivity index (χ1v) is 15.0. The molecule has 1 aliphatic carbocycles. The number of fused-ring (bicyclic) bond motifs is 2. The lowest BCUT2D eigenvalue weighted by Crippen LogP contribution is -2.47. The summed E-state index contributed by atoms with van der Waals surface area (Å²) in [5, 5.41) is 17.7. The summed E-state index contributed by atoms with van der Waals surface area (Å²) >= 11 is 3.06. The van der Waals surface area contributed by atoms with E-state index in [4.69, 9.17) is 0 Å². The summed E-state index contributed by atoms with van der Waals surface area (Å²) < 4.78 is 15.4. The molecule has 0 bridgehead atoms. The van der Waals surface area contributed by atoms with Gasteiger partial charge in [-0.05, 0) is 89.8 Å². The van der Waals surface area contributed by atoms with Crippen molar-refractivity contribution in [2.24, 2.45) is 5.41 Å². The first kappa shape index (κ1) is 29.9. The number of rotatable bonds is 7. The third kappa shape index (κ3) is 5.17. The number of hydrogen-bond acceptors (Lipinski definition) is 8. The second-order valence-corrected chi connectivity index (χ2v) is 12.8. The number of carbonyl (C=O) groups is 3. The first-order valence-electron chi connectivity index (χ1n) is 14.2. The molecule has 228 valence electrons. The Morgan fingerprint density at radius 3 is 2.50 bits per heavy atom. The SMILES string of the molecule is CC(=O)c1nn(CC(=O)N2[C@H](C(=O)Nc3nc(Br)c(F)cc3C)C[C@@]3(C)C[C@@H]23)c2c(C)cc(-c3cnc([C@@H](C)O)nc3)cc12. The quantitative estimate of drug-likeness (QED) is 0.214.